The third-order valence-corrected chi connectivity index (χ3v) is 2.34. The van der Waals surface area contributed by atoms with Gasteiger partial charge in [0.2, 0.25) is 0 Å². The molecular formula is C12H13ClFNO2. The van der Waals surface area contributed by atoms with E-state index >= 15 is 0 Å². The number of carboxylic acid groups (broad SMARTS) is 1. The van der Waals surface area contributed by atoms with Crippen LogP contribution in [0.1, 0.15) is 5.56 Å². The van der Waals surface area contributed by atoms with Gasteiger partial charge in [-0.1, -0.05) is 17.7 Å². The molecule has 1 aromatic rings. The lowest BCUT2D eigenvalue weighted by Crippen LogP contribution is -2.17. The maximum absolute atomic E-state index is 13.3. The first-order valence-corrected chi connectivity index (χ1v) is 5.51. The van der Waals surface area contributed by atoms with Crippen LogP contribution in [0.2, 0.25) is 5.02 Å². The Kier molecular flexibility index (Phi) is 5.66. The Hall–Kier alpha value is -1.39. The van der Waals surface area contributed by atoms with Gasteiger partial charge >= 0.3 is 5.97 Å². The molecule has 2 N–H and O–H groups in total. The van der Waals surface area contributed by atoms with Crippen molar-refractivity contribution in [2.75, 3.05) is 13.1 Å². The Bertz CT molecular complexity index is 421. The summed E-state index contributed by atoms with van der Waals surface area (Å²) in [4.78, 5) is 10.2. The summed E-state index contributed by atoms with van der Waals surface area (Å²) in [7, 11) is 0. The van der Waals surface area contributed by atoms with E-state index in [-0.39, 0.29) is 5.82 Å². The molecule has 0 aliphatic rings. The van der Waals surface area contributed by atoms with Gasteiger partial charge in [-0.25, -0.2) is 9.18 Å². The summed E-state index contributed by atoms with van der Waals surface area (Å²) < 4.78 is 13.3. The van der Waals surface area contributed by atoms with Crippen molar-refractivity contribution in [2.45, 2.75) is 6.42 Å². The number of rotatable bonds is 6. The molecule has 0 atom stereocenters. The van der Waals surface area contributed by atoms with Crippen LogP contribution in [0.15, 0.2) is 30.4 Å². The molecule has 0 aliphatic carbocycles. The molecule has 92 valence electrons. The van der Waals surface area contributed by atoms with Crippen molar-refractivity contribution in [3.05, 3.63) is 46.8 Å². The number of carboxylic acids is 1. The zero-order chi connectivity index (χ0) is 12.7. The molecule has 5 heteroatoms. The van der Waals surface area contributed by atoms with E-state index in [0.29, 0.717) is 30.1 Å². The fraction of sp³-hybridized carbons (Fsp3) is 0.250. The smallest absolute Gasteiger partial charge is 0.328 e. The molecule has 1 rings (SSSR count). The zero-order valence-corrected chi connectivity index (χ0v) is 9.88. The van der Waals surface area contributed by atoms with Crippen LogP contribution < -0.4 is 5.32 Å². The lowest BCUT2D eigenvalue weighted by molar-refractivity contribution is -0.131. The van der Waals surface area contributed by atoms with Gasteiger partial charge in [0.05, 0.1) is 0 Å². The van der Waals surface area contributed by atoms with Gasteiger partial charge in [0.15, 0.2) is 0 Å². The molecule has 0 aliphatic heterocycles. The van der Waals surface area contributed by atoms with Gasteiger partial charge < -0.3 is 10.4 Å². The highest BCUT2D eigenvalue weighted by molar-refractivity contribution is 6.30. The number of aliphatic carboxylic acids is 1. The second-order valence-electron chi connectivity index (χ2n) is 3.43. The van der Waals surface area contributed by atoms with E-state index in [2.05, 4.69) is 5.32 Å². The minimum atomic E-state index is -0.979. The number of hydrogen-bond acceptors (Lipinski definition) is 2. The molecule has 0 saturated carbocycles. The topological polar surface area (TPSA) is 49.3 Å². The molecule has 0 radical (unpaired) electrons. The predicted octanol–water partition coefficient (Wildman–Crippen LogP) is 2.25. The Labute approximate surface area is 104 Å². The van der Waals surface area contributed by atoms with E-state index in [0.717, 1.165) is 6.08 Å². The highest BCUT2D eigenvalue weighted by Gasteiger charge is 2.01. The van der Waals surface area contributed by atoms with Gasteiger partial charge in [0, 0.05) is 17.6 Å². The molecule has 0 fully saturated rings. The number of hydrogen-bond donors (Lipinski definition) is 2. The third kappa shape index (κ3) is 5.47. The number of benzene rings is 1. The van der Waals surface area contributed by atoms with Crippen LogP contribution in [0.5, 0.6) is 0 Å². The van der Waals surface area contributed by atoms with E-state index in [1.54, 1.807) is 6.07 Å². The molecule has 3 nitrogen and oxygen atoms in total. The monoisotopic (exact) mass is 257 g/mol. The SMILES string of the molecule is O=C(O)/C=C/CNCCc1cc(Cl)ccc1F. The van der Waals surface area contributed by atoms with E-state index < -0.39 is 5.97 Å². The van der Waals surface area contributed by atoms with Crippen molar-refractivity contribution < 1.29 is 14.3 Å². The molecule has 0 bridgehead atoms. The van der Waals surface area contributed by atoms with Crippen LogP contribution in [-0.4, -0.2) is 24.2 Å². The van der Waals surface area contributed by atoms with Crippen molar-refractivity contribution in [3.63, 3.8) is 0 Å². The first kappa shape index (κ1) is 13.7. The lowest BCUT2D eigenvalue weighted by Gasteiger charge is -2.04. The fourth-order valence-electron chi connectivity index (χ4n) is 1.30. The Morgan fingerprint density at radius 3 is 3.00 bits per heavy atom. The molecule has 0 heterocycles. The van der Waals surface area contributed by atoms with Crippen LogP contribution in [0.4, 0.5) is 4.39 Å². The van der Waals surface area contributed by atoms with Gasteiger partial charge in [0.1, 0.15) is 5.82 Å². The highest BCUT2D eigenvalue weighted by atomic mass is 35.5. The van der Waals surface area contributed by atoms with E-state index in [1.165, 1.54) is 18.2 Å². The minimum Gasteiger partial charge on any atom is -0.478 e. The summed E-state index contributed by atoms with van der Waals surface area (Å²) in [5, 5.41) is 11.8. The van der Waals surface area contributed by atoms with Gasteiger partial charge in [-0.15, -0.1) is 0 Å². The van der Waals surface area contributed by atoms with Gasteiger partial charge in [0.25, 0.3) is 0 Å². The maximum atomic E-state index is 13.3. The summed E-state index contributed by atoms with van der Waals surface area (Å²) in [5.41, 5.74) is 0.548. The summed E-state index contributed by atoms with van der Waals surface area (Å²) in [6.07, 6.45) is 3.07. The molecule has 0 saturated heterocycles. The van der Waals surface area contributed by atoms with Crippen LogP contribution in [0.3, 0.4) is 0 Å². The molecule has 1 aromatic carbocycles. The predicted molar refractivity (Wildman–Crippen MR) is 64.8 cm³/mol. The average Bonchev–Trinajstić information content (AvgIpc) is 2.27. The van der Waals surface area contributed by atoms with Crippen LogP contribution in [-0.2, 0) is 11.2 Å². The van der Waals surface area contributed by atoms with Crippen LogP contribution in [0, 0.1) is 5.82 Å². The quantitative estimate of drug-likeness (QED) is 0.607. The number of nitrogens with one attached hydrogen (secondary N) is 1. The molecule has 0 unspecified atom stereocenters. The van der Waals surface area contributed by atoms with Crippen molar-refractivity contribution in [2.24, 2.45) is 0 Å². The lowest BCUT2D eigenvalue weighted by atomic mass is 10.1. The largest absolute Gasteiger partial charge is 0.478 e. The summed E-state index contributed by atoms with van der Waals surface area (Å²) >= 11 is 5.75. The third-order valence-electron chi connectivity index (χ3n) is 2.10. The Balaban J connectivity index is 2.31. The summed E-state index contributed by atoms with van der Waals surface area (Å²) in [5.74, 6) is -1.26. The number of halogens is 2. The van der Waals surface area contributed by atoms with Gasteiger partial charge in [-0.2, -0.15) is 0 Å². The first-order chi connectivity index (χ1) is 8.09. The van der Waals surface area contributed by atoms with E-state index in [4.69, 9.17) is 16.7 Å². The fourth-order valence-corrected chi connectivity index (χ4v) is 1.50. The minimum absolute atomic E-state index is 0.280. The van der Waals surface area contributed by atoms with Gasteiger partial charge in [-0.3, -0.25) is 0 Å². The molecule has 0 spiro atoms. The molecule has 0 aromatic heterocycles. The number of carbonyl (C=O) groups is 1. The normalized spacial score (nSPS) is 10.9. The summed E-state index contributed by atoms with van der Waals surface area (Å²) in [6, 6.07) is 4.43. The van der Waals surface area contributed by atoms with E-state index in [9.17, 15) is 9.18 Å². The molecular weight excluding hydrogens is 245 g/mol. The average molecular weight is 258 g/mol. The first-order valence-electron chi connectivity index (χ1n) is 5.13. The van der Waals surface area contributed by atoms with E-state index in [1.807, 2.05) is 0 Å². The highest BCUT2D eigenvalue weighted by Crippen LogP contribution is 2.14. The van der Waals surface area contributed by atoms with Crippen molar-refractivity contribution in [1.82, 2.24) is 5.32 Å². The maximum Gasteiger partial charge on any atom is 0.328 e. The molecule has 17 heavy (non-hydrogen) atoms. The zero-order valence-electron chi connectivity index (χ0n) is 9.12. The second-order valence-corrected chi connectivity index (χ2v) is 3.87. The van der Waals surface area contributed by atoms with Crippen molar-refractivity contribution >= 4 is 17.6 Å². The second kappa shape index (κ2) is 7.04. The van der Waals surface area contributed by atoms with Crippen molar-refractivity contribution in [3.8, 4) is 0 Å². The Morgan fingerprint density at radius 2 is 2.29 bits per heavy atom. The standard InChI is InChI=1S/C12H13ClFNO2/c13-10-3-4-11(14)9(8-10)5-7-15-6-1-2-12(16)17/h1-4,8,15H,5-7H2,(H,16,17)/b2-1+. The van der Waals surface area contributed by atoms with Gasteiger partial charge in [-0.05, 0) is 36.7 Å². The van der Waals surface area contributed by atoms with Crippen LogP contribution in [0.25, 0.3) is 0 Å². The molecule has 0 amide bonds. The summed E-state index contributed by atoms with van der Waals surface area (Å²) in [6.45, 7) is 0.996. The van der Waals surface area contributed by atoms with Crippen LogP contribution >= 0.6 is 11.6 Å². The Morgan fingerprint density at radius 1 is 1.53 bits per heavy atom. The van der Waals surface area contributed by atoms with Crippen molar-refractivity contribution in [1.29, 1.82) is 0 Å².